The summed E-state index contributed by atoms with van der Waals surface area (Å²) in [6.07, 6.45) is -4.04. The van der Waals surface area contributed by atoms with E-state index in [0.29, 0.717) is 12.0 Å². The highest BCUT2D eigenvalue weighted by Gasteiger charge is 2.30. The van der Waals surface area contributed by atoms with E-state index in [1.807, 2.05) is 0 Å². The van der Waals surface area contributed by atoms with Crippen molar-refractivity contribution in [3.63, 3.8) is 0 Å². The van der Waals surface area contributed by atoms with E-state index in [-0.39, 0.29) is 0 Å². The number of hydrogen-bond donors (Lipinski definition) is 1. The maximum Gasteiger partial charge on any atom is 0.416 e. The summed E-state index contributed by atoms with van der Waals surface area (Å²) in [5.41, 5.74) is -0.375. The molecule has 0 amide bonds. The monoisotopic (exact) mass is 232 g/mol. The van der Waals surface area contributed by atoms with Gasteiger partial charge >= 0.3 is 12.1 Å². The normalized spacial score (nSPS) is 13.5. The van der Waals surface area contributed by atoms with Crippen molar-refractivity contribution in [2.45, 2.75) is 25.4 Å². The third-order valence-electron chi connectivity index (χ3n) is 2.35. The van der Waals surface area contributed by atoms with Gasteiger partial charge in [-0.05, 0) is 24.1 Å². The van der Waals surface area contributed by atoms with Crippen LogP contribution in [0.15, 0.2) is 24.3 Å². The predicted molar refractivity (Wildman–Crippen MR) is 52.1 cm³/mol. The highest BCUT2D eigenvalue weighted by molar-refractivity contribution is 5.75. The van der Waals surface area contributed by atoms with Gasteiger partial charge in [0.2, 0.25) is 0 Å². The Labute approximate surface area is 90.7 Å². The van der Waals surface area contributed by atoms with Gasteiger partial charge in [-0.2, -0.15) is 13.2 Å². The fraction of sp³-hybridized carbons (Fsp3) is 0.364. The SMILES string of the molecule is CCC(C(=O)O)c1ccc(C(F)(F)F)cc1. The molecule has 88 valence electrons. The molecule has 1 aromatic carbocycles. The van der Waals surface area contributed by atoms with Gasteiger partial charge in [-0.15, -0.1) is 0 Å². The minimum atomic E-state index is -4.39. The van der Waals surface area contributed by atoms with Gasteiger partial charge in [-0.1, -0.05) is 19.1 Å². The van der Waals surface area contributed by atoms with Crippen LogP contribution in [-0.4, -0.2) is 11.1 Å². The Morgan fingerprint density at radius 2 is 1.81 bits per heavy atom. The van der Waals surface area contributed by atoms with E-state index in [2.05, 4.69) is 0 Å². The van der Waals surface area contributed by atoms with Gasteiger partial charge in [0.05, 0.1) is 11.5 Å². The quantitative estimate of drug-likeness (QED) is 0.868. The number of carboxylic acids is 1. The first kappa shape index (κ1) is 12.5. The maximum atomic E-state index is 12.2. The van der Waals surface area contributed by atoms with Crippen molar-refractivity contribution in [1.29, 1.82) is 0 Å². The molecular formula is C11H11F3O2. The van der Waals surface area contributed by atoms with Gasteiger partial charge < -0.3 is 5.11 Å². The second-order valence-corrected chi connectivity index (χ2v) is 3.42. The van der Waals surface area contributed by atoms with E-state index >= 15 is 0 Å². The molecule has 0 spiro atoms. The Hall–Kier alpha value is -1.52. The van der Waals surface area contributed by atoms with Crippen molar-refractivity contribution in [3.8, 4) is 0 Å². The summed E-state index contributed by atoms with van der Waals surface area (Å²) in [5.74, 6) is -1.77. The summed E-state index contributed by atoms with van der Waals surface area (Å²) in [6.45, 7) is 1.68. The van der Waals surface area contributed by atoms with Crippen LogP contribution < -0.4 is 0 Å². The molecular weight excluding hydrogens is 221 g/mol. The third kappa shape index (κ3) is 2.74. The van der Waals surface area contributed by atoms with Gasteiger partial charge in [0.25, 0.3) is 0 Å². The van der Waals surface area contributed by atoms with Crippen molar-refractivity contribution in [1.82, 2.24) is 0 Å². The average molecular weight is 232 g/mol. The molecule has 0 bridgehead atoms. The second kappa shape index (κ2) is 4.55. The first-order valence-corrected chi connectivity index (χ1v) is 4.76. The van der Waals surface area contributed by atoms with Gasteiger partial charge in [0.15, 0.2) is 0 Å². The molecule has 0 aliphatic heterocycles. The summed E-state index contributed by atoms with van der Waals surface area (Å²) in [7, 11) is 0. The Bertz CT molecular complexity index is 368. The lowest BCUT2D eigenvalue weighted by atomic mass is 9.96. The Kier molecular flexibility index (Phi) is 3.57. The molecule has 2 nitrogen and oxygen atoms in total. The number of halogens is 3. The highest BCUT2D eigenvalue weighted by atomic mass is 19.4. The van der Waals surface area contributed by atoms with Crippen molar-refractivity contribution in [2.75, 3.05) is 0 Å². The molecule has 1 N–H and O–H groups in total. The summed E-state index contributed by atoms with van der Waals surface area (Å²) in [5, 5.41) is 8.83. The number of carbonyl (C=O) groups is 1. The lowest BCUT2D eigenvalue weighted by Crippen LogP contribution is -2.11. The van der Waals surface area contributed by atoms with Crippen LogP contribution in [0.5, 0.6) is 0 Å². The predicted octanol–water partition coefficient (Wildman–Crippen LogP) is 3.28. The van der Waals surface area contributed by atoms with Crippen LogP contribution in [0.2, 0.25) is 0 Å². The van der Waals surface area contributed by atoms with E-state index in [1.165, 1.54) is 12.1 Å². The molecule has 16 heavy (non-hydrogen) atoms. The van der Waals surface area contributed by atoms with Crippen molar-refractivity contribution in [3.05, 3.63) is 35.4 Å². The van der Waals surface area contributed by atoms with Crippen molar-refractivity contribution < 1.29 is 23.1 Å². The number of hydrogen-bond acceptors (Lipinski definition) is 1. The molecule has 1 aromatic rings. The van der Waals surface area contributed by atoms with E-state index in [9.17, 15) is 18.0 Å². The molecule has 5 heteroatoms. The molecule has 0 saturated heterocycles. The topological polar surface area (TPSA) is 37.3 Å². The van der Waals surface area contributed by atoms with E-state index in [0.717, 1.165) is 12.1 Å². The smallest absolute Gasteiger partial charge is 0.416 e. The summed E-state index contributed by atoms with van der Waals surface area (Å²) in [6, 6.07) is 4.23. The summed E-state index contributed by atoms with van der Waals surface area (Å²) in [4.78, 5) is 10.8. The van der Waals surface area contributed by atoms with E-state index < -0.39 is 23.6 Å². The van der Waals surface area contributed by atoms with Crippen LogP contribution in [0.1, 0.15) is 30.4 Å². The second-order valence-electron chi connectivity index (χ2n) is 3.42. The summed E-state index contributed by atoms with van der Waals surface area (Å²) >= 11 is 0. The number of alkyl halides is 3. The highest BCUT2D eigenvalue weighted by Crippen LogP contribution is 2.30. The van der Waals surface area contributed by atoms with Crippen LogP contribution in [0.25, 0.3) is 0 Å². The largest absolute Gasteiger partial charge is 0.481 e. The lowest BCUT2D eigenvalue weighted by molar-refractivity contribution is -0.139. The molecule has 0 heterocycles. The molecule has 0 saturated carbocycles. The molecule has 0 aliphatic rings. The minimum absolute atomic E-state index is 0.348. The number of aliphatic carboxylic acids is 1. The van der Waals surface area contributed by atoms with Crippen LogP contribution in [0.3, 0.4) is 0 Å². The van der Waals surface area contributed by atoms with Crippen LogP contribution in [0, 0.1) is 0 Å². The van der Waals surface area contributed by atoms with Crippen molar-refractivity contribution in [2.24, 2.45) is 0 Å². The molecule has 1 atom stereocenters. The first-order chi connectivity index (χ1) is 7.36. The molecule has 0 radical (unpaired) electrons. The van der Waals surface area contributed by atoms with Gasteiger partial charge in [-0.3, -0.25) is 4.79 Å². The van der Waals surface area contributed by atoms with Gasteiger partial charge in [0.1, 0.15) is 0 Å². The molecule has 0 fully saturated rings. The van der Waals surface area contributed by atoms with E-state index in [4.69, 9.17) is 5.11 Å². The maximum absolute atomic E-state index is 12.2. The Morgan fingerprint density at radius 1 is 1.31 bits per heavy atom. The van der Waals surface area contributed by atoms with Crippen molar-refractivity contribution >= 4 is 5.97 Å². The van der Waals surface area contributed by atoms with Gasteiger partial charge in [-0.25, -0.2) is 0 Å². The lowest BCUT2D eigenvalue weighted by Gasteiger charge is -2.11. The molecule has 0 aromatic heterocycles. The van der Waals surface area contributed by atoms with Crippen LogP contribution in [0.4, 0.5) is 13.2 Å². The number of carboxylic acid groups (broad SMARTS) is 1. The van der Waals surface area contributed by atoms with Gasteiger partial charge in [0, 0.05) is 0 Å². The molecule has 1 unspecified atom stereocenters. The summed E-state index contributed by atoms with van der Waals surface area (Å²) < 4.78 is 36.7. The van der Waals surface area contributed by atoms with Crippen LogP contribution in [-0.2, 0) is 11.0 Å². The molecule has 1 rings (SSSR count). The fourth-order valence-electron chi connectivity index (χ4n) is 1.46. The van der Waals surface area contributed by atoms with E-state index in [1.54, 1.807) is 6.92 Å². The average Bonchev–Trinajstić information content (AvgIpc) is 2.17. The third-order valence-corrected chi connectivity index (χ3v) is 2.35. The fourth-order valence-corrected chi connectivity index (χ4v) is 1.46. The zero-order valence-corrected chi connectivity index (χ0v) is 8.58. The Balaban J connectivity index is 2.98. The zero-order chi connectivity index (χ0) is 12.3. The van der Waals surface area contributed by atoms with Crippen LogP contribution >= 0.6 is 0 Å². The standard InChI is InChI=1S/C11H11F3O2/c1-2-9(10(15)16)7-3-5-8(6-4-7)11(12,13)14/h3-6,9H,2H2,1H3,(H,15,16). The molecule has 0 aliphatic carbocycles. The minimum Gasteiger partial charge on any atom is -0.481 e. The number of benzene rings is 1. The zero-order valence-electron chi connectivity index (χ0n) is 8.58. The Morgan fingerprint density at radius 3 is 2.12 bits per heavy atom. The number of rotatable bonds is 3. The first-order valence-electron chi connectivity index (χ1n) is 4.76.